The van der Waals surface area contributed by atoms with Gasteiger partial charge in [-0.2, -0.15) is 0 Å². The van der Waals surface area contributed by atoms with Gasteiger partial charge in [-0.25, -0.2) is 0 Å². The van der Waals surface area contributed by atoms with Crippen molar-refractivity contribution in [1.82, 2.24) is 0 Å². The molecule has 3 nitrogen and oxygen atoms in total. The van der Waals surface area contributed by atoms with Crippen molar-refractivity contribution in [3.05, 3.63) is 27.7 Å². The van der Waals surface area contributed by atoms with E-state index in [1.165, 1.54) is 0 Å². The molecular weight excluding hydrogens is 248 g/mol. The number of ether oxygens (including phenoxy) is 2. The van der Waals surface area contributed by atoms with E-state index >= 15 is 0 Å². The highest BCUT2D eigenvalue weighted by molar-refractivity contribution is 9.10. The fourth-order valence-electron chi connectivity index (χ4n) is 1.43. The summed E-state index contributed by atoms with van der Waals surface area (Å²) in [5, 5.41) is 9.49. The summed E-state index contributed by atoms with van der Waals surface area (Å²) in [5.41, 5.74) is 1.85. The molecule has 1 aromatic carbocycles. The molecule has 0 radical (unpaired) electrons. The molecule has 14 heavy (non-hydrogen) atoms. The summed E-state index contributed by atoms with van der Waals surface area (Å²) >= 11 is 3.40. The standard InChI is InChI=1S/C10H11BrO3/c1-6(12)8-3-10-7(2-9(8)11)4-13-5-14-10/h2-3,6,12H,4-5H2,1H3. The Hall–Kier alpha value is -0.580. The topological polar surface area (TPSA) is 38.7 Å². The molecule has 1 heterocycles. The molecule has 2 rings (SSSR count). The second-order valence-corrected chi connectivity index (χ2v) is 4.12. The quantitative estimate of drug-likeness (QED) is 0.841. The fraction of sp³-hybridized carbons (Fsp3) is 0.400. The zero-order valence-corrected chi connectivity index (χ0v) is 9.37. The number of hydrogen-bond donors (Lipinski definition) is 1. The van der Waals surface area contributed by atoms with Gasteiger partial charge in [-0.1, -0.05) is 15.9 Å². The molecule has 1 N–H and O–H groups in total. The van der Waals surface area contributed by atoms with Gasteiger partial charge in [0.2, 0.25) is 0 Å². The Balaban J connectivity index is 2.45. The van der Waals surface area contributed by atoms with E-state index in [1.54, 1.807) is 6.92 Å². The van der Waals surface area contributed by atoms with Crippen LogP contribution in [0.1, 0.15) is 24.2 Å². The molecule has 0 aromatic heterocycles. The van der Waals surface area contributed by atoms with Crippen molar-refractivity contribution < 1.29 is 14.6 Å². The lowest BCUT2D eigenvalue weighted by atomic mass is 10.1. The predicted octanol–water partition coefficient (Wildman–Crippen LogP) is 2.37. The molecule has 0 fully saturated rings. The van der Waals surface area contributed by atoms with Crippen LogP contribution in [-0.4, -0.2) is 11.9 Å². The molecular formula is C10H11BrO3. The van der Waals surface area contributed by atoms with Crippen LogP contribution in [0.25, 0.3) is 0 Å². The van der Waals surface area contributed by atoms with Gasteiger partial charge in [-0.15, -0.1) is 0 Å². The zero-order valence-electron chi connectivity index (χ0n) is 7.79. The molecule has 0 saturated heterocycles. The van der Waals surface area contributed by atoms with Crippen molar-refractivity contribution in [2.75, 3.05) is 6.79 Å². The average Bonchev–Trinajstić information content (AvgIpc) is 2.16. The number of hydrogen-bond acceptors (Lipinski definition) is 3. The lowest BCUT2D eigenvalue weighted by Crippen LogP contribution is -2.12. The molecule has 0 saturated carbocycles. The Morgan fingerprint density at radius 3 is 3.00 bits per heavy atom. The van der Waals surface area contributed by atoms with Crippen LogP contribution in [0.2, 0.25) is 0 Å². The largest absolute Gasteiger partial charge is 0.467 e. The molecule has 4 heteroatoms. The van der Waals surface area contributed by atoms with Gasteiger partial charge in [0.05, 0.1) is 12.7 Å². The zero-order chi connectivity index (χ0) is 10.1. The summed E-state index contributed by atoms with van der Waals surface area (Å²) in [6.07, 6.45) is -0.499. The smallest absolute Gasteiger partial charge is 0.189 e. The number of halogens is 1. The molecule has 1 atom stereocenters. The van der Waals surface area contributed by atoms with Gasteiger partial charge >= 0.3 is 0 Å². The Morgan fingerprint density at radius 1 is 1.50 bits per heavy atom. The second kappa shape index (κ2) is 3.88. The molecule has 76 valence electrons. The number of rotatable bonds is 1. The molecule has 0 aliphatic carbocycles. The van der Waals surface area contributed by atoms with Crippen molar-refractivity contribution >= 4 is 15.9 Å². The van der Waals surface area contributed by atoms with Gasteiger partial charge in [-0.3, -0.25) is 0 Å². The van der Waals surface area contributed by atoms with Gasteiger partial charge in [0, 0.05) is 10.0 Å². The van der Waals surface area contributed by atoms with E-state index < -0.39 is 6.10 Å². The van der Waals surface area contributed by atoms with E-state index in [-0.39, 0.29) is 6.79 Å². The average molecular weight is 259 g/mol. The minimum absolute atomic E-state index is 0.286. The van der Waals surface area contributed by atoms with Gasteiger partial charge in [0.15, 0.2) is 6.79 Å². The Morgan fingerprint density at radius 2 is 2.29 bits per heavy atom. The number of benzene rings is 1. The summed E-state index contributed by atoms with van der Waals surface area (Å²) in [5.74, 6) is 0.801. The first-order valence-electron chi connectivity index (χ1n) is 4.39. The highest BCUT2D eigenvalue weighted by atomic mass is 79.9. The van der Waals surface area contributed by atoms with E-state index in [0.29, 0.717) is 6.61 Å². The first-order valence-corrected chi connectivity index (χ1v) is 5.18. The SMILES string of the molecule is CC(O)c1cc2c(cc1Br)COCO2. The van der Waals surface area contributed by atoms with Gasteiger partial charge < -0.3 is 14.6 Å². The summed E-state index contributed by atoms with van der Waals surface area (Å²) in [6, 6.07) is 3.78. The van der Waals surface area contributed by atoms with Crippen LogP contribution in [0.15, 0.2) is 16.6 Å². The van der Waals surface area contributed by atoms with Crippen molar-refractivity contribution in [3.8, 4) is 5.75 Å². The van der Waals surface area contributed by atoms with Crippen LogP contribution in [0.3, 0.4) is 0 Å². The molecule has 0 amide bonds. The molecule has 0 spiro atoms. The molecule has 1 aliphatic rings. The van der Waals surface area contributed by atoms with E-state index in [9.17, 15) is 5.11 Å². The summed E-state index contributed by atoms with van der Waals surface area (Å²) < 4.78 is 11.4. The van der Waals surface area contributed by atoms with Gasteiger partial charge in [-0.05, 0) is 24.6 Å². The Labute approximate surface area is 90.8 Å². The van der Waals surface area contributed by atoms with Crippen LogP contribution in [-0.2, 0) is 11.3 Å². The maximum Gasteiger partial charge on any atom is 0.189 e. The van der Waals surface area contributed by atoms with Crippen LogP contribution in [0.4, 0.5) is 0 Å². The lowest BCUT2D eigenvalue weighted by Gasteiger charge is -2.20. The van der Waals surface area contributed by atoms with Gasteiger partial charge in [0.25, 0.3) is 0 Å². The van der Waals surface area contributed by atoms with Crippen molar-refractivity contribution in [2.45, 2.75) is 19.6 Å². The van der Waals surface area contributed by atoms with Crippen molar-refractivity contribution in [1.29, 1.82) is 0 Å². The molecule has 1 aliphatic heterocycles. The minimum Gasteiger partial charge on any atom is -0.467 e. The first-order chi connectivity index (χ1) is 6.68. The van der Waals surface area contributed by atoms with Crippen molar-refractivity contribution in [3.63, 3.8) is 0 Å². The normalized spacial score (nSPS) is 17.1. The van der Waals surface area contributed by atoms with Crippen LogP contribution in [0.5, 0.6) is 5.75 Å². The highest BCUT2D eigenvalue weighted by Crippen LogP contribution is 2.33. The van der Waals surface area contributed by atoms with Crippen molar-refractivity contribution in [2.24, 2.45) is 0 Å². The predicted molar refractivity (Wildman–Crippen MR) is 55.1 cm³/mol. The maximum atomic E-state index is 9.49. The maximum absolute atomic E-state index is 9.49. The van der Waals surface area contributed by atoms with Crippen LogP contribution >= 0.6 is 15.9 Å². The van der Waals surface area contributed by atoms with E-state index in [0.717, 1.165) is 21.3 Å². The van der Waals surface area contributed by atoms with E-state index in [1.807, 2.05) is 12.1 Å². The highest BCUT2D eigenvalue weighted by Gasteiger charge is 2.15. The number of aliphatic hydroxyl groups is 1. The summed E-state index contributed by atoms with van der Waals surface area (Å²) in [7, 11) is 0. The van der Waals surface area contributed by atoms with E-state index in [2.05, 4.69) is 15.9 Å². The van der Waals surface area contributed by atoms with Gasteiger partial charge in [0.1, 0.15) is 5.75 Å². The summed E-state index contributed by atoms with van der Waals surface area (Å²) in [4.78, 5) is 0. The second-order valence-electron chi connectivity index (χ2n) is 3.27. The fourth-order valence-corrected chi connectivity index (χ4v) is 2.16. The minimum atomic E-state index is -0.499. The van der Waals surface area contributed by atoms with E-state index in [4.69, 9.17) is 9.47 Å². The van der Waals surface area contributed by atoms with Crippen LogP contribution in [0, 0.1) is 0 Å². The first kappa shape index (κ1) is 9.96. The number of fused-ring (bicyclic) bond motifs is 1. The van der Waals surface area contributed by atoms with Crippen LogP contribution < -0.4 is 4.74 Å². The Kier molecular flexibility index (Phi) is 2.76. The monoisotopic (exact) mass is 258 g/mol. The third-order valence-electron chi connectivity index (χ3n) is 2.19. The third-order valence-corrected chi connectivity index (χ3v) is 2.87. The lowest BCUT2D eigenvalue weighted by molar-refractivity contribution is -0.0166. The molecule has 1 aromatic rings. The summed E-state index contributed by atoms with van der Waals surface area (Å²) in [6.45, 7) is 2.58. The molecule has 0 bridgehead atoms. The Bertz CT molecular complexity index is 349. The third kappa shape index (κ3) is 1.78. The number of aliphatic hydroxyl groups excluding tert-OH is 1. The molecule has 1 unspecified atom stereocenters.